The molecule has 0 atom stereocenters. The van der Waals surface area contributed by atoms with Gasteiger partial charge in [-0.05, 0) is 43.0 Å². The lowest BCUT2D eigenvalue weighted by Crippen LogP contribution is -2.38. The number of amides is 1. The zero-order valence-corrected chi connectivity index (χ0v) is 17.2. The Kier molecular flexibility index (Phi) is 5.92. The second-order valence-electron chi connectivity index (χ2n) is 7.29. The molecule has 4 rings (SSSR count). The summed E-state index contributed by atoms with van der Waals surface area (Å²) in [6, 6.07) is 5.52. The number of rotatable bonds is 7. The number of nitrogens with zero attached hydrogens (tertiary/aromatic N) is 6. The molecule has 0 spiro atoms. The Hall–Kier alpha value is -2.71. The second kappa shape index (κ2) is 8.75. The standard InChI is InChI=1S/C20H24ClN7O/c1-25-14-17(21)18(24-25)15-27(12-11-26-8-2-3-9-26)20(29)16-5-6-19(22-13-16)28-10-4-7-23-28/h4-7,10,13-14H,2-3,8-9,11-12,15H2,1H3/p+1. The monoisotopic (exact) mass is 414 g/mol. The molecule has 0 radical (unpaired) electrons. The Morgan fingerprint density at radius 3 is 2.79 bits per heavy atom. The number of halogens is 1. The van der Waals surface area contributed by atoms with Gasteiger partial charge in [0.25, 0.3) is 5.91 Å². The van der Waals surface area contributed by atoms with Gasteiger partial charge in [0.1, 0.15) is 11.9 Å². The van der Waals surface area contributed by atoms with Crippen molar-refractivity contribution >= 4 is 17.5 Å². The fraction of sp³-hybridized carbons (Fsp3) is 0.400. The second-order valence-corrected chi connectivity index (χ2v) is 7.69. The van der Waals surface area contributed by atoms with Gasteiger partial charge in [-0.3, -0.25) is 9.48 Å². The predicted octanol–water partition coefficient (Wildman–Crippen LogP) is 1.81. The van der Waals surface area contributed by atoms with Crippen molar-refractivity contribution in [3.63, 3.8) is 0 Å². The summed E-state index contributed by atoms with van der Waals surface area (Å²) in [5.74, 6) is 0.657. The summed E-state index contributed by atoms with van der Waals surface area (Å²) in [6.07, 6.45) is 9.51. The first-order valence-corrected chi connectivity index (χ1v) is 10.2. The summed E-state index contributed by atoms with van der Waals surface area (Å²) < 4.78 is 3.46. The van der Waals surface area contributed by atoms with Gasteiger partial charge in [0.05, 0.1) is 17.1 Å². The van der Waals surface area contributed by atoms with Crippen molar-refractivity contribution in [2.45, 2.75) is 19.4 Å². The van der Waals surface area contributed by atoms with Crippen LogP contribution in [0.4, 0.5) is 0 Å². The maximum atomic E-state index is 13.2. The van der Waals surface area contributed by atoms with Gasteiger partial charge < -0.3 is 9.80 Å². The van der Waals surface area contributed by atoms with Crippen molar-refractivity contribution in [1.29, 1.82) is 0 Å². The Morgan fingerprint density at radius 1 is 1.34 bits per heavy atom. The van der Waals surface area contributed by atoms with Crippen molar-refractivity contribution in [3.05, 3.63) is 59.3 Å². The average molecular weight is 415 g/mol. The fourth-order valence-electron chi connectivity index (χ4n) is 3.59. The van der Waals surface area contributed by atoms with Crippen LogP contribution >= 0.6 is 11.6 Å². The average Bonchev–Trinajstić information content (AvgIpc) is 3.48. The molecule has 8 nitrogen and oxygen atoms in total. The maximum absolute atomic E-state index is 13.2. The molecule has 1 saturated heterocycles. The summed E-state index contributed by atoms with van der Waals surface area (Å²) in [6.45, 7) is 4.03. The summed E-state index contributed by atoms with van der Waals surface area (Å²) in [4.78, 5) is 21.9. The molecule has 1 N–H and O–H groups in total. The molecule has 1 amide bonds. The van der Waals surface area contributed by atoms with Crippen molar-refractivity contribution < 1.29 is 9.48 Å². The van der Waals surface area contributed by atoms with E-state index in [0.717, 1.165) is 25.5 Å². The highest BCUT2D eigenvalue weighted by Gasteiger charge is 2.22. The zero-order chi connectivity index (χ0) is 20.2. The first kappa shape index (κ1) is 19.6. The topological polar surface area (TPSA) is 73.9 Å². The Labute approximate surface area is 174 Å². The number of nitrogens with one attached hydrogen (secondary N) is 1. The molecule has 0 saturated carbocycles. The smallest absolute Gasteiger partial charge is 0.331 e. The molecule has 0 bridgehead atoms. The molecule has 3 aromatic heterocycles. The molecule has 3 aromatic rings. The highest BCUT2D eigenvalue weighted by atomic mass is 35.5. The van der Waals surface area contributed by atoms with E-state index in [-0.39, 0.29) is 5.91 Å². The zero-order valence-electron chi connectivity index (χ0n) is 16.5. The first-order chi connectivity index (χ1) is 14.1. The lowest BCUT2D eigenvalue weighted by Gasteiger charge is -2.24. The molecule has 0 aliphatic carbocycles. The van der Waals surface area contributed by atoms with E-state index in [0.29, 0.717) is 29.4 Å². The van der Waals surface area contributed by atoms with Crippen LogP contribution in [0.3, 0.4) is 0 Å². The van der Waals surface area contributed by atoms with Crippen molar-refractivity contribution in [2.24, 2.45) is 7.05 Å². The number of aromatic amines is 1. The number of aromatic nitrogens is 5. The highest BCUT2D eigenvalue weighted by molar-refractivity contribution is 6.31. The number of carbonyl (C=O) groups excluding carboxylic acids is 1. The number of aryl methyl sites for hydroxylation is 1. The van der Waals surface area contributed by atoms with Crippen LogP contribution in [0.5, 0.6) is 0 Å². The molecule has 1 aliphatic rings. The van der Waals surface area contributed by atoms with E-state index in [9.17, 15) is 4.79 Å². The van der Waals surface area contributed by atoms with Crippen LogP contribution in [-0.4, -0.2) is 61.7 Å². The van der Waals surface area contributed by atoms with E-state index < -0.39 is 0 Å². The van der Waals surface area contributed by atoms with Gasteiger partial charge in [-0.15, -0.1) is 4.68 Å². The molecule has 152 valence electrons. The quantitative estimate of drug-likeness (QED) is 0.598. The van der Waals surface area contributed by atoms with Crippen LogP contribution in [0, 0.1) is 0 Å². The lowest BCUT2D eigenvalue weighted by molar-refractivity contribution is -0.658. The maximum Gasteiger partial charge on any atom is 0.346 e. The molecule has 1 aliphatic heterocycles. The van der Waals surface area contributed by atoms with Gasteiger partial charge >= 0.3 is 5.82 Å². The number of hydrogen-bond acceptors (Lipinski definition) is 4. The summed E-state index contributed by atoms with van der Waals surface area (Å²) >= 11 is 6.29. The summed E-state index contributed by atoms with van der Waals surface area (Å²) in [5.41, 5.74) is 1.25. The van der Waals surface area contributed by atoms with Gasteiger partial charge in [0.15, 0.2) is 6.20 Å². The minimum absolute atomic E-state index is 0.0681. The molecule has 0 aromatic carbocycles. The SMILES string of the molecule is Cn1cc(Cl)c(CN(CCN2CCCC2)C(=O)c2ccc(-[n+]3ccc[nH]3)nc2)n1. The third-order valence-electron chi connectivity index (χ3n) is 5.15. The van der Waals surface area contributed by atoms with Crippen molar-refractivity contribution in [1.82, 2.24) is 29.7 Å². The molecular formula is C20H25ClN7O+. The number of H-pyrrole nitrogens is 1. The van der Waals surface area contributed by atoms with Crippen LogP contribution in [-0.2, 0) is 13.6 Å². The van der Waals surface area contributed by atoms with E-state index in [1.165, 1.54) is 12.8 Å². The molecule has 9 heteroatoms. The minimum Gasteiger partial charge on any atom is -0.331 e. The van der Waals surface area contributed by atoms with Gasteiger partial charge in [-0.25, -0.2) is 5.10 Å². The van der Waals surface area contributed by atoms with E-state index in [1.807, 2.05) is 36.5 Å². The Balaban J connectivity index is 1.51. The van der Waals surface area contributed by atoms with E-state index in [1.54, 1.807) is 27.8 Å². The largest absolute Gasteiger partial charge is 0.346 e. The molecule has 0 unspecified atom stereocenters. The molecule has 1 fully saturated rings. The van der Waals surface area contributed by atoms with Gasteiger partial charge in [-0.2, -0.15) is 5.10 Å². The number of carbonyl (C=O) groups is 1. The van der Waals surface area contributed by atoms with Crippen LogP contribution in [0.2, 0.25) is 5.02 Å². The number of pyridine rings is 1. The normalized spacial score (nSPS) is 14.4. The van der Waals surface area contributed by atoms with Crippen LogP contribution in [0.15, 0.2) is 43.0 Å². The van der Waals surface area contributed by atoms with Crippen LogP contribution < -0.4 is 4.68 Å². The lowest BCUT2D eigenvalue weighted by atomic mass is 10.2. The van der Waals surface area contributed by atoms with Crippen molar-refractivity contribution in [2.75, 3.05) is 26.2 Å². The van der Waals surface area contributed by atoms with Crippen LogP contribution in [0.25, 0.3) is 5.82 Å². The van der Waals surface area contributed by atoms with E-state index >= 15 is 0 Å². The third-order valence-corrected chi connectivity index (χ3v) is 5.47. The molecule has 29 heavy (non-hydrogen) atoms. The first-order valence-electron chi connectivity index (χ1n) is 9.81. The molecular weight excluding hydrogens is 390 g/mol. The number of hydrogen-bond donors (Lipinski definition) is 1. The van der Waals surface area contributed by atoms with E-state index in [4.69, 9.17) is 11.6 Å². The highest BCUT2D eigenvalue weighted by Crippen LogP contribution is 2.17. The summed E-state index contributed by atoms with van der Waals surface area (Å²) in [5, 5.41) is 8.03. The number of likely N-dealkylation sites (tertiary alicyclic amines) is 1. The fourth-order valence-corrected chi connectivity index (χ4v) is 3.83. The minimum atomic E-state index is -0.0681. The van der Waals surface area contributed by atoms with Gasteiger partial charge in [0.2, 0.25) is 0 Å². The van der Waals surface area contributed by atoms with Gasteiger partial charge in [-0.1, -0.05) is 11.6 Å². The Bertz CT molecular complexity index is 946. The third kappa shape index (κ3) is 4.65. The van der Waals surface area contributed by atoms with E-state index in [2.05, 4.69) is 20.1 Å². The van der Waals surface area contributed by atoms with Crippen LogP contribution in [0.1, 0.15) is 28.9 Å². The predicted molar refractivity (Wildman–Crippen MR) is 109 cm³/mol. The van der Waals surface area contributed by atoms with Gasteiger partial charge in [0, 0.05) is 38.6 Å². The Morgan fingerprint density at radius 2 is 2.17 bits per heavy atom. The summed E-state index contributed by atoms with van der Waals surface area (Å²) in [7, 11) is 1.83. The molecule has 4 heterocycles. The van der Waals surface area contributed by atoms with Crippen molar-refractivity contribution in [3.8, 4) is 5.82 Å².